The minimum Gasteiger partial charge on any atom is -0.309 e. The van der Waals surface area contributed by atoms with Gasteiger partial charge in [0.15, 0.2) is 0 Å². The van der Waals surface area contributed by atoms with Gasteiger partial charge in [-0.2, -0.15) is 5.10 Å². The highest BCUT2D eigenvalue weighted by Gasteiger charge is 2.07. The van der Waals surface area contributed by atoms with Gasteiger partial charge in [-0.3, -0.25) is 5.10 Å². The van der Waals surface area contributed by atoms with Crippen LogP contribution in [0.3, 0.4) is 0 Å². The van der Waals surface area contributed by atoms with Crippen molar-refractivity contribution in [1.82, 2.24) is 10.2 Å². The van der Waals surface area contributed by atoms with Crippen molar-refractivity contribution in [3.63, 3.8) is 0 Å². The predicted molar refractivity (Wildman–Crippen MR) is 33.6 cm³/mol. The lowest BCUT2D eigenvalue weighted by Crippen LogP contribution is -1.80. The van der Waals surface area contributed by atoms with Crippen LogP contribution in [0.4, 0.5) is 0 Å². The molecule has 3 nitrogen and oxygen atoms in total. The highest BCUT2D eigenvalue weighted by Crippen LogP contribution is 2.12. The summed E-state index contributed by atoms with van der Waals surface area (Å²) in [5.74, 6) is 0. The summed E-state index contributed by atoms with van der Waals surface area (Å²) < 4.78 is 0. The third kappa shape index (κ3) is 1.08. The van der Waals surface area contributed by atoms with Crippen LogP contribution in [0.25, 0.3) is 4.85 Å². The second kappa shape index (κ2) is 2.31. The topological polar surface area (TPSA) is 33.0 Å². The summed E-state index contributed by atoms with van der Waals surface area (Å²) in [5.41, 5.74) is 0.949. The summed E-state index contributed by atoms with van der Waals surface area (Å²) in [6.45, 7) is 8.51. The third-order valence-corrected chi connectivity index (χ3v) is 1.20. The lowest BCUT2D eigenvalue weighted by atomic mass is 10.2. The second-order valence-corrected chi connectivity index (χ2v) is 1.84. The number of nitrogens with one attached hydrogen (secondary N) is 1. The summed E-state index contributed by atoms with van der Waals surface area (Å²) in [6.07, 6.45) is 3.41. The maximum Gasteiger partial charge on any atom is 0.249 e. The van der Waals surface area contributed by atoms with Crippen LogP contribution < -0.4 is 0 Å². The van der Waals surface area contributed by atoms with E-state index >= 15 is 0 Å². The molecule has 0 saturated heterocycles. The largest absolute Gasteiger partial charge is 0.309 e. The van der Waals surface area contributed by atoms with E-state index in [-0.39, 0.29) is 6.04 Å². The molecule has 1 aromatic heterocycles. The molecule has 0 aromatic carbocycles. The first kappa shape index (κ1) is 5.83. The summed E-state index contributed by atoms with van der Waals surface area (Å²) in [7, 11) is 0. The van der Waals surface area contributed by atoms with Crippen LogP contribution in [-0.2, 0) is 0 Å². The first-order chi connectivity index (χ1) is 4.34. The Bertz CT molecular complexity index is 207. The van der Waals surface area contributed by atoms with Crippen LogP contribution in [0.1, 0.15) is 18.5 Å². The number of nitrogens with zero attached hydrogens (tertiary/aromatic N) is 2. The van der Waals surface area contributed by atoms with Crippen LogP contribution in [0.15, 0.2) is 12.4 Å². The molecule has 0 bridgehead atoms. The molecule has 0 aliphatic heterocycles. The van der Waals surface area contributed by atoms with Gasteiger partial charge >= 0.3 is 0 Å². The predicted octanol–water partition coefficient (Wildman–Crippen LogP) is 1.39. The molecule has 0 aliphatic carbocycles. The quantitative estimate of drug-likeness (QED) is 0.559. The van der Waals surface area contributed by atoms with Crippen LogP contribution in [0, 0.1) is 6.57 Å². The van der Waals surface area contributed by atoms with Crippen LogP contribution in [0.2, 0.25) is 0 Å². The van der Waals surface area contributed by atoms with Crippen LogP contribution in [-0.4, -0.2) is 10.2 Å². The maximum absolute atomic E-state index is 6.67. The van der Waals surface area contributed by atoms with E-state index in [0.29, 0.717) is 0 Å². The normalized spacial score (nSPS) is 12.4. The third-order valence-electron chi connectivity index (χ3n) is 1.20. The molecule has 0 fully saturated rings. The molecule has 1 heterocycles. The zero-order valence-corrected chi connectivity index (χ0v) is 5.13. The smallest absolute Gasteiger partial charge is 0.249 e. The number of aromatic nitrogens is 2. The Morgan fingerprint density at radius 3 is 3.11 bits per heavy atom. The Morgan fingerprint density at radius 1 is 1.89 bits per heavy atom. The van der Waals surface area contributed by atoms with Crippen molar-refractivity contribution < 1.29 is 0 Å². The average molecular weight is 121 g/mol. The maximum atomic E-state index is 6.67. The van der Waals surface area contributed by atoms with E-state index < -0.39 is 0 Å². The molecular formula is C6H7N3. The number of aromatic amines is 1. The molecule has 0 radical (unpaired) electrons. The summed E-state index contributed by atoms with van der Waals surface area (Å²) in [6, 6.07) is -0.0660. The van der Waals surface area contributed by atoms with Crippen molar-refractivity contribution in [3.8, 4) is 0 Å². The summed E-state index contributed by atoms with van der Waals surface area (Å²) in [4.78, 5) is 3.32. The minimum absolute atomic E-state index is 0.0660. The van der Waals surface area contributed by atoms with Crippen molar-refractivity contribution in [2.45, 2.75) is 13.0 Å². The molecule has 0 amide bonds. The zero-order chi connectivity index (χ0) is 6.69. The van der Waals surface area contributed by atoms with E-state index in [2.05, 4.69) is 15.0 Å². The minimum atomic E-state index is -0.0660. The van der Waals surface area contributed by atoms with Crippen molar-refractivity contribution in [2.24, 2.45) is 0 Å². The van der Waals surface area contributed by atoms with Crippen LogP contribution >= 0.6 is 0 Å². The number of H-pyrrole nitrogens is 1. The van der Waals surface area contributed by atoms with Gasteiger partial charge in [-0.15, -0.1) is 0 Å². The van der Waals surface area contributed by atoms with Crippen molar-refractivity contribution in [1.29, 1.82) is 0 Å². The highest BCUT2D eigenvalue weighted by molar-refractivity contribution is 5.11. The highest BCUT2D eigenvalue weighted by atomic mass is 15.1. The van der Waals surface area contributed by atoms with Gasteiger partial charge in [-0.1, -0.05) is 0 Å². The Labute approximate surface area is 53.5 Å². The lowest BCUT2D eigenvalue weighted by molar-refractivity contribution is 0.963. The molecule has 0 spiro atoms. The van der Waals surface area contributed by atoms with Gasteiger partial charge in [0.1, 0.15) is 0 Å². The zero-order valence-electron chi connectivity index (χ0n) is 5.13. The molecule has 0 aliphatic rings. The number of hydrogen-bond acceptors (Lipinski definition) is 1. The van der Waals surface area contributed by atoms with Gasteiger partial charge in [0, 0.05) is 13.1 Å². The van der Waals surface area contributed by atoms with Crippen molar-refractivity contribution in [2.75, 3.05) is 0 Å². The van der Waals surface area contributed by atoms with E-state index in [1.54, 1.807) is 12.4 Å². The molecule has 1 rings (SSSR count). The Hall–Kier alpha value is -1.30. The molecule has 1 N–H and O–H groups in total. The van der Waals surface area contributed by atoms with Crippen molar-refractivity contribution in [3.05, 3.63) is 29.4 Å². The summed E-state index contributed by atoms with van der Waals surface area (Å²) in [5, 5.41) is 6.37. The van der Waals surface area contributed by atoms with E-state index in [9.17, 15) is 0 Å². The SMILES string of the molecule is [C-]#[N+]C(C)c1cn[nH]c1. The molecular weight excluding hydrogens is 114 g/mol. The second-order valence-electron chi connectivity index (χ2n) is 1.84. The van der Waals surface area contributed by atoms with Gasteiger partial charge in [0.25, 0.3) is 0 Å². The molecule has 1 aromatic rings. The van der Waals surface area contributed by atoms with E-state index in [0.717, 1.165) is 5.56 Å². The van der Waals surface area contributed by atoms with Gasteiger partial charge in [-0.25, -0.2) is 6.57 Å². The van der Waals surface area contributed by atoms with E-state index in [4.69, 9.17) is 6.57 Å². The first-order valence-corrected chi connectivity index (χ1v) is 2.70. The molecule has 0 saturated carbocycles. The fraction of sp³-hybridized carbons (Fsp3) is 0.333. The molecule has 9 heavy (non-hydrogen) atoms. The fourth-order valence-electron chi connectivity index (χ4n) is 0.564. The molecule has 1 unspecified atom stereocenters. The Balaban J connectivity index is 2.80. The fourth-order valence-corrected chi connectivity index (χ4v) is 0.564. The Kier molecular flexibility index (Phi) is 1.50. The standard InChI is InChI=1S/C6H7N3/c1-5(7-2)6-3-8-9-4-6/h3-5H,1H3,(H,8,9). The monoisotopic (exact) mass is 121 g/mol. The lowest BCUT2D eigenvalue weighted by Gasteiger charge is -1.88. The molecule has 1 atom stereocenters. The Morgan fingerprint density at radius 2 is 2.67 bits per heavy atom. The van der Waals surface area contributed by atoms with Gasteiger partial charge < -0.3 is 4.85 Å². The van der Waals surface area contributed by atoms with E-state index in [1.807, 2.05) is 6.92 Å². The summed E-state index contributed by atoms with van der Waals surface area (Å²) >= 11 is 0. The van der Waals surface area contributed by atoms with Crippen LogP contribution in [0.5, 0.6) is 0 Å². The molecule has 46 valence electrons. The number of rotatable bonds is 1. The number of hydrogen-bond donors (Lipinski definition) is 1. The molecule has 3 heteroatoms. The van der Waals surface area contributed by atoms with Gasteiger partial charge in [0.05, 0.1) is 11.8 Å². The van der Waals surface area contributed by atoms with Crippen molar-refractivity contribution >= 4 is 0 Å². The van der Waals surface area contributed by atoms with Gasteiger partial charge in [0.2, 0.25) is 6.04 Å². The first-order valence-electron chi connectivity index (χ1n) is 2.70. The average Bonchev–Trinajstić information content (AvgIpc) is 2.37. The van der Waals surface area contributed by atoms with E-state index in [1.165, 1.54) is 0 Å². The van der Waals surface area contributed by atoms with Gasteiger partial charge in [-0.05, 0) is 0 Å².